The summed E-state index contributed by atoms with van der Waals surface area (Å²) in [6.07, 6.45) is 3.40. The molecule has 0 radical (unpaired) electrons. The molecule has 0 amide bonds. The lowest BCUT2D eigenvalue weighted by atomic mass is 10.1. The molecule has 15 heavy (non-hydrogen) atoms. The van der Waals surface area contributed by atoms with E-state index in [1.54, 1.807) is 11.0 Å². The van der Waals surface area contributed by atoms with Gasteiger partial charge < -0.3 is 0 Å². The van der Waals surface area contributed by atoms with Crippen LogP contribution >= 0.6 is 0 Å². The van der Waals surface area contributed by atoms with E-state index in [0.29, 0.717) is 0 Å². The molecule has 0 aliphatic rings. The average molecular weight is 200 g/mol. The van der Waals surface area contributed by atoms with Gasteiger partial charge in [0, 0.05) is 0 Å². The van der Waals surface area contributed by atoms with E-state index in [1.165, 1.54) is 5.56 Å². The number of nitrogens with zero attached hydrogens (tertiary/aromatic N) is 4. The second-order valence-electron chi connectivity index (χ2n) is 3.32. The quantitative estimate of drug-likeness (QED) is 0.693. The molecule has 4 nitrogen and oxygen atoms in total. The van der Waals surface area contributed by atoms with E-state index in [0.717, 1.165) is 11.4 Å². The highest BCUT2D eigenvalue weighted by atomic mass is 15.4. The van der Waals surface area contributed by atoms with Crippen molar-refractivity contribution in [2.75, 3.05) is 0 Å². The zero-order valence-electron chi connectivity index (χ0n) is 8.75. The Morgan fingerprint density at radius 2 is 2.07 bits per heavy atom. The molecule has 2 rings (SSSR count). The van der Waals surface area contributed by atoms with Crippen LogP contribution in [0.15, 0.2) is 35.7 Å². The van der Waals surface area contributed by atoms with Crippen LogP contribution in [0.2, 0.25) is 0 Å². The van der Waals surface area contributed by atoms with Gasteiger partial charge in [-0.25, -0.2) is 4.68 Å². The van der Waals surface area contributed by atoms with E-state index in [2.05, 4.69) is 28.3 Å². The first-order valence-corrected chi connectivity index (χ1v) is 4.74. The van der Waals surface area contributed by atoms with Crippen molar-refractivity contribution in [3.8, 4) is 0 Å². The van der Waals surface area contributed by atoms with Crippen molar-refractivity contribution in [1.82, 2.24) is 14.9 Å². The van der Waals surface area contributed by atoms with Gasteiger partial charge in [0.05, 0.1) is 6.21 Å². The van der Waals surface area contributed by atoms with Crippen LogP contribution in [0, 0.1) is 13.8 Å². The minimum Gasteiger partial charge on any atom is -0.205 e. The molecular formula is C11H12N4. The number of rotatable bonds is 2. The van der Waals surface area contributed by atoms with Crippen molar-refractivity contribution in [1.29, 1.82) is 0 Å². The number of hydrogen-bond donors (Lipinski definition) is 0. The van der Waals surface area contributed by atoms with Crippen LogP contribution in [0.1, 0.15) is 17.0 Å². The van der Waals surface area contributed by atoms with Crippen molar-refractivity contribution in [3.63, 3.8) is 0 Å². The first kappa shape index (κ1) is 9.58. The normalized spacial score (nSPS) is 11.1. The molecule has 0 aliphatic carbocycles. The highest BCUT2D eigenvalue weighted by Gasteiger charge is 1.95. The SMILES string of the molecule is Cc1ccccc1C=Nn1cnnc1C. The fourth-order valence-corrected chi connectivity index (χ4v) is 1.26. The van der Waals surface area contributed by atoms with Gasteiger partial charge in [0.1, 0.15) is 6.33 Å². The van der Waals surface area contributed by atoms with Crippen LogP contribution in [0.4, 0.5) is 0 Å². The van der Waals surface area contributed by atoms with Crippen molar-refractivity contribution in [2.45, 2.75) is 13.8 Å². The van der Waals surface area contributed by atoms with Gasteiger partial charge in [-0.05, 0) is 25.0 Å². The third-order valence-corrected chi connectivity index (χ3v) is 2.20. The third kappa shape index (κ3) is 2.10. The molecule has 2 aromatic rings. The number of aromatic nitrogens is 3. The van der Waals surface area contributed by atoms with E-state index in [9.17, 15) is 0 Å². The smallest absolute Gasteiger partial charge is 0.151 e. The highest BCUT2D eigenvalue weighted by molar-refractivity contribution is 5.81. The average Bonchev–Trinajstić information content (AvgIpc) is 2.63. The minimum atomic E-state index is 0.778. The van der Waals surface area contributed by atoms with E-state index < -0.39 is 0 Å². The van der Waals surface area contributed by atoms with Crippen molar-refractivity contribution in [2.24, 2.45) is 5.10 Å². The monoisotopic (exact) mass is 200 g/mol. The summed E-state index contributed by atoms with van der Waals surface area (Å²) in [5.74, 6) is 0.778. The van der Waals surface area contributed by atoms with Gasteiger partial charge in [-0.15, -0.1) is 10.2 Å². The molecule has 0 unspecified atom stereocenters. The van der Waals surface area contributed by atoms with Crippen LogP contribution < -0.4 is 0 Å². The molecule has 0 atom stereocenters. The third-order valence-electron chi connectivity index (χ3n) is 2.20. The lowest BCUT2D eigenvalue weighted by Gasteiger charge is -1.98. The number of aryl methyl sites for hydroxylation is 2. The van der Waals surface area contributed by atoms with Crippen molar-refractivity contribution < 1.29 is 0 Å². The molecule has 0 spiro atoms. The van der Waals surface area contributed by atoms with Crippen molar-refractivity contribution >= 4 is 6.21 Å². The van der Waals surface area contributed by atoms with Gasteiger partial charge in [0.25, 0.3) is 0 Å². The van der Waals surface area contributed by atoms with E-state index in [-0.39, 0.29) is 0 Å². The van der Waals surface area contributed by atoms with Crippen LogP contribution in [0.3, 0.4) is 0 Å². The summed E-state index contributed by atoms with van der Waals surface area (Å²) < 4.78 is 1.65. The Balaban J connectivity index is 2.26. The maximum absolute atomic E-state index is 4.26. The fourth-order valence-electron chi connectivity index (χ4n) is 1.26. The zero-order valence-corrected chi connectivity index (χ0v) is 8.75. The Labute approximate surface area is 88.3 Å². The predicted molar refractivity (Wildman–Crippen MR) is 58.9 cm³/mol. The molecule has 0 N–H and O–H groups in total. The molecule has 0 saturated carbocycles. The van der Waals surface area contributed by atoms with Crippen LogP contribution in [0.5, 0.6) is 0 Å². The van der Waals surface area contributed by atoms with Gasteiger partial charge in [0.15, 0.2) is 5.82 Å². The van der Waals surface area contributed by atoms with E-state index in [4.69, 9.17) is 0 Å². The summed E-state index contributed by atoms with van der Waals surface area (Å²) >= 11 is 0. The molecule has 4 heteroatoms. The molecule has 0 fully saturated rings. The second-order valence-corrected chi connectivity index (χ2v) is 3.32. The zero-order chi connectivity index (χ0) is 10.7. The Bertz CT molecular complexity index is 485. The molecule has 0 bridgehead atoms. The van der Waals surface area contributed by atoms with E-state index >= 15 is 0 Å². The first-order chi connectivity index (χ1) is 7.27. The molecule has 1 heterocycles. The number of hydrogen-bond acceptors (Lipinski definition) is 3. The lowest BCUT2D eigenvalue weighted by molar-refractivity contribution is 0.832. The Morgan fingerprint density at radius 1 is 1.27 bits per heavy atom. The standard InChI is InChI=1S/C11H12N4/c1-9-5-3-4-6-11(9)7-13-15-8-12-14-10(15)2/h3-8H,1-2H3. The molecular weight excluding hydrogens is 188 g/mol. The summed E-state index contributed by atoms with van der Waals surface area (Å²) in [5.41, 5.74) is 2.30. The van der Waals surface area contributed by atoms with Crippen LogP contribution in [-0.2, 0) is 0 Å². The summed E-state index contributed by atoms with van der Waals surface area (Å²) in [6, 6.07) is 8.09. The highest BCUT2D eigenvalue weighted by Crippen LogP contribution is 2.03. The lowest BCUT2D eigenvalue weighted by Crippen LogP contribution is -1.93. The minimum absolute atomic E-state index is 0.778. The molecule has 1 aromatic heterocycles. The summed E-state index contributed by atoms with van der Waals surface area (Å²) in [6.45, 7) is 3.92. The maximum Gasteiger partial charge on any atom is 0.151 e. The second kappa shape index (κ2) is 4.04. The van der Waals surface area contributed by atoms with Gasteiger partial charge in [-0.2, -0.15) is 5.10 Å². The molecule has 1 aromatic carbocycles. The van der Waals surface area contributed by atoms with Crippen molar-refractivity contribution in [3.05, 3.63) is 47.5 Å². The first-order valence-electron chi connectivity index (χ1n) is 4.74. The Kier molecular flexibility index (Phi) is 2.58. The van der Waals surface area contributed by atoms with Crippen LogP contribution in [0.25, 0.3) is 0 Å². The predicted octanol–water partition coefficient (Wildman–Crippen LogP) is 1.78. The topological polar surface area (TPSA) is 43.1 Å². The Morgan fingerprint density at radius 3 is 2.73 bits per heavy atom. The summed E-state index contributed by atoms with van der Waals surface area (Å²) in [5, 5.41) is 11.9. The fraction of sp³-hybridized carbons (Fsp3) is 0.182. The molecule has 76 valence electrons. The number of benzene rings is 1. The summed E-state index contributed by atoms with van der Waals surface area (Å²) in [4.78, 5) is 0. The maximum atomic E-state index is 4.26. The summed E-state index contributed by atoms with van der Waals surface area (Å²) in [7, 11) is 0. The van der Waals surface area contributed by atoms with Gasteiger partial charge in [0.2, 0.25) is 0 Å². The van der Waals surface area contributed by atoms with Gasteiger partial charge in [-0.1, -0.05) is 24.3 Å². The molecule has 0 aliphatic heterocycles. The Hall–Kier alpha value is -1.97. The van der Waals surface area contributed by atoms with E-state index in [1.807, 2.05) is 31.3 Å². The van der Waals surface area contributed by atoms with Crippen LogP contribution in [-0.4, -0.2) is 21.1 Å². The largest absolute Gasteiger partial charge is 0.205 e. The van der Waals surface area contributed by atoms with Gasteiger partial charge >= 0.3 is 0 Å². The molecule has 0 saturated heterocycles. The van der Waals surface area contributed by atoms with Gasteiger partial charge in [-0.3, -0.25) is 0 Å².